The van der Waals surface area contributed by atoms with Gasteiger partial charge in [0.2, 0.25) is 11.9 Å². The summed E-state index contributed by atoms with van der Waals surface area (Å²) in [6, 6.07) is 2.47. The number of rotatable bonds is 2. The van der Waals surface area contributed by atoms with Gasteiger partial charge in [0.05, 0.1) is 0 Å². The van der Waals surface area contributed by atoms with Crippen LogP contribution in [0.2, 0.25) is 0 Å². The van der Waals surface area contributed by atoms with Gasteiger partial charge in [0.25, 0.3) is 0 Å². The number of carbonyl (C=O) groups excluding carboxylic acids is 1. The largest absolute Gasteiger partial charge is 0.368 e. The van der Waals surface area contributed by atoms with Crippen molar-refractivity contribution in [1.29, 1.82) is 0 Å². The first kappa shape index (κ1) is 13.8. The molecule has 0 aromatic carbocycles. The molecule has 0 radical (unpaired) electrons. The fourth-order valence-electron chi connectivity index (χ4n) is 3.92. The lowest BCUT2D eigenvalue weighted by atomic mass is 9.72. The average molecular weight is 301 g/mol. The smallest absolute Gasteiger partial charge is 0.222 e. The van der Waals surface area contributed by atoms with Crippen LogP contribution in [-0.2, 0) is 4.79 Å². The summed E-state index contributed by atoms with van der Waals surface area (Å²) in [6.07, 6.45) is 8.17. The maximum atomic E-state index is 12.1. The third-order valence-corrected chi connectivity index (χ3v) is 5.49. The molecule has 0 unspecified atom stereocenters. The van der Waals surface area contributed by atoms with Gasteiger partial charge in [-0.25, -0.2) is 4.98 Å². The Bertz CT molecular complexity index is 578. The van der Waals surface area contributed by atoms with Crippen LogP contribution >= 0.6 is 0 Å². The van der Waals surface area contributed by atoms with Crippen LogP contribution in [0.15, 0.2) is 12.3 Å². The average Bonchev–Trinajstić information content (AvgIpc) is 3.36. The molecule has 22 heavy (non-hydrogen) atoms. The normalized spacial score (nSPS) is 24.8. The summed E-state index contributed by atoms with van der Waals surface area (Å²) in [6.45, 7) is 2.95. The second-order valence-corrected chi connectivity index (χ2v) is 7.01. The fraction of sp³-hybridized carbons (Fsp3) is 0.688. The third kappa shape index (κ3) is 2.51. The first-order chi connectivity index (χ1) is 10.7. The number of likely N-dealkylation sites (tertiary alicyclic amines) is 1. The number of carbonyl (C=O) groups is 1. The van der Waals surface area contributed by atoms with E-state index in [1.54, 1.807) is 6.20 Å². The van der Waals surface area contributed by atoms with Crippen molar-refractivity contribution in [2.24, 2.45) is 5.41 Å². The van der Waals surface area contributed by atoms with E-state index in [2.05, 4.69) is 19.8 Å². The van der Waals surface area contributed by atoms with Crippen molar-refractivity contribution in [3.05, 3.63) is 12.3 Å². The number of nitrogen functional groups attached to an aromatic ring is 1. The highest BCUT2D eigenvalue weighted by atomic mass is 16.2. The predicted octanol–water partition coefficient (Wildman–Crippen LogP) is 1.43. The Kier molecular flexibility index (Phi) is 3.20. The third-order valence-electron chi connectivity index (χ3n) is 5.49. The predicted molar refractivity (Wildman–Crippen MR) is 84.3 cm³/mol. The number of nitrogens with two attached hydrogens (primary N) is 1. The lowest BCUT2D eigenvalue weighted by Gasteiger charge is -2.47. The van der Waals surface area contributed by atoms with Crippen LogP contribution in [-0.4, -0.2) is 46.5 Å². The summed E-state index contributed by atoms with van der Waals surface area (Å²) in [4.78, 5) is 24.9. The quantitative estimate of drug-likeness (QED) is 0.894. The van der Waals surface area contributed by atoms with E-state index in [-0.39, 0.29) is 0 Å². The van der Waals surface area contributed by atoms with Crippen molar-refractivity contribution in [2.45, 2.75) is 44.6 Å². The number of hydrogen-bond donors (Lipinski definition) is 1. The summed E-state index contributed by atoms with van der Waals surface area (Å²) >= 11 is 0. The molecule has 3 heterocycles. The molecule has 2 N–H and O–H groups in total. The zero-order valence-electron chi connectivity index (χ0n) is 12.9. The first-order valence-electron chi connectivity index (χ1n) is 8.28. The van der Waals surface area contributed by atoms with Crippen molar-refractivity contribution in [2.75, 3.05) is 30.3 Å². The minimum absolute atomic E-state index is 0.325. The molecule has 6 heteroatoms. The molecule has 1 aromatic heterocycles. The molecule has 2 aliphatic heterocycles. The summed E-state index contributed by atoms with van der Waals surface area (Å²) < 4.78 is 0. The Hall–Kier alpha value is -1.85. The van der Waals surface area contributed by atoms with E-state index in [1.165, 1.54) is 12.8 Å². The van der Waals surface area contributed by atoms with E-state index in [0.29, 0.717) is 23.3 Å². The molecule has 3 fully saturated rings. The lowest BCUT2D eigenvalue weighted by molar-refractivity contribution is -0.139. The second kappa shape index (κ2) is 5.11. The summed E-state index contributed by atoms with van der Waals surface area (Å²) in [5.41, 5.74) is 6.01. The number of amides is 1. The van der Waals surface area contributed by atoms with Gasteiger partial charge in [-0.05, 0) is 43.6 Å². The molecule has 1 aliphatic carbocycles. The molecule has 3 aliphatic rings. The topological polar surface area (TPSA) is 75.3 Å². The van der Waals surface area contributed by atoms with Crippen molar-refractivity contribution in [3.8, 4) is 0 Å². The Morgan fingerprint density at radius 1 is 1.23 bits per heavy atom. The molecule has 2 saturated heterocycles. The zero-order chi connectivity index (χ0) is 15.2. The van der Waals surface area contributed by atoms with Crippen molar-refractivity contribution < 1.29 is 4.79 Å². The summed E-state index contributed by atoms with van der Waals surface area (Å²) in [5.74, 6) is 1.63. The molecule has 0 atom stereocenters. The number of aromatic nitrogens is 2. The van der Waals surface area contributed by atoms with Gasteiger partial charge in [0.1, 0.15) is 5.82 Å². The van der Waals surface area contributed by atoms with E-state index in [0.717, 1.165) is 51.1 Å². The molecule has 1 spiro atoms. The number of nitrogens with zero attached hydrogens (tertiary/aromatic N) is 4. The van der Waals surface area contributed by atoms with E-state index >= 15 is 0 Å². The van der Waals surface area contributed by atoms with Gasteiger partial charge in [0, 0.05) is 38.3 Å². The van der Waals surface area contributed by atoms with Crippen molar-refractivity contribution in [1.82, 2.24) is 14.9 Å². The van der Waals surface area contributed by atoms with Crippen molar-refractivity contribution >= 4 is 17.7 Å². The van der Waals surface area contributed by atoms with Crippen LogP contribution in [0.1, 0.15) is 38.5 Å². The van der Waals surface area contributed by atoms with Gasteiger partial charge in [0.15, 0.2) is 0 Å². The molecule has 1 amide bonds. The Labute approximate surface area is 130 Å². The minimum Gasteiger partial charge on any atom is -0.368 e. The molecule has 1 aromatic rings. The fourth-order valence-corrected chi connectivity index (χ4v) is 3.92. The van der Waals surface area contributed by atoms with Gasteiger partial charge < -0.3 is 15.5 Å². The Morgan fingerprint density at radius 2 is 2.00 bits per heavy atom. The SMILES string of the molecule is Nc1nccc(N2CCC3(CCC(=O)N(C4CC4)C3)CC2)n1. The maximum Gasteiger partial charge on any atom is 0.222 e. The van der Waals surface area contributed by atoms with Crippen LogP contribution in [0.5, 0.6) is 0 Å². The van der Waals surface area contributed by atoms with E-state index in [1.807, 2.05) is 6.07 Å². The number of piperidine rings is 2. The highest BCUT2D eigenvalue weighted by Gasteiger charge is 2.45. The van der Waals surface area contributed by atoms with Crippen LogP contribution in [0.4, 0.5) is 11.8 Å². The molecular weight excluding hydrogens is 278 g/mol. The van der Waals surface area contributed by atoms with E-state index in [9.17, 15) is 4.79 Å². The molecule has 1 saturated carbocycles. The van der Waals surface area contributed by atoms with Crippen LogP contribution < -0.4 is 10.6 Å². The standard InChI is InChI=1S/C16H23N5O/c17-15-18-8-4-13(19-15)20-9-6-16(7-10-20)5-3-14(22)21(11-16)12-1-2-12/h4,8,12H,1-3,5-7,9-11H2,(H2,17,18,19). The second-order valence-electron chi connectivity index (χ2n) is 7.01. The molecular formula is C16H23N5O. The Balaban J connectivity index is 1.43. The maximum absolute atomic E-state index is 12.1. The van der Waals surface area contributed by atoms with Crippen LogP contribution in [0.3, 0.4) is 0 Å². The molecule has 6 nitrogen and oxygen atoms in total. The lowest BCUT2D eigenvalue weighted by Crippen LogP contribution is -2.52. The van der Waals surface area contributed by atoms with E-state index < -0.39 is 0 Å². The van der Waals surface area contributed by atoms with Crippen molar-refractivity contribution in [3.63, 3.8) is 0 Å². The number of hydrogen-bond acceptors (Lipinski definition) is 5. The van der Waals surface area contributed by atoms with Gasteiger partial charge >= 0.3 is 0 Å². The van der Waals surface area contributed by atoms with Gasteiger partial charge in [-0.1, -0.05) is 0 Å². The highest BCUT2D eigenvalue weighted by Crippen LogP contribution is 2.43. The van der Waals surface area contributed by atoms with Crippen LogP contribution in [0.25, 0.3) is 0 Å². The summed E-state index contributed by atoms with van der Waals surface area (Å²) in [5, 5.41) is 0. The minimum atomic E-state index is 0.325. The van der Waals surface area contributed by atoms with E-state index in [4.69, 9.17) is 5.73 Å². The number of anilines is 2. The Morgan fingerprint density at radius 3 is 2.68 bits per heavy atom. The van der Waals surface area contributed by atoms with Gasteiger partial charge in [-0.3, -0.25) is 4.79 Å². The molecule has 118 valence electrons. The molecule has 4 rings (SSSR count). The summed E-state index contributed by atoms with van der Waals surface area (Å²) in [7, 11) is 0. The van der Waals surface area contributed by atoms with Crippen LogP contribution in [0, 0.1) is 5.41 Å². The monoisotopic (exact) mass is 301 g/mol. The van der Waals surface area contributed by atoms with Gasteiger partial charge in [-0.15, -0.1) is 0 Å². The van der Waals surface area contributed by atoms with Gasteiger partial charge in [-0.2, -0.15) is 4.98 Å². The molecule has 0 bridgehead atoms. The first-order valence-corrected chi connectivity index (χ1v) is 8.28. The highest BCUT2D eigenvalue weighted by molar-refractivity contribution is 5.78. The zero-order valence-corrected chi connectivity index (χ0v) is 12.9.